The Morgan fingerprint density at radius 3 is 2.17 bits per heavy atom. The van der Waals surface area contributed by atoms with E-state index in [0.717, 1.165) is 17.0 Å². The minimum Gasteiger partial charge on any atom is -0.497 e. The maximum atomic E-state index is 13.0. The summed E-state index contributed by atoms with van der Waals surface area (Å²) in [6.45, 7) is 6.44. The van der Waals surface area contributed by atoms with Gasteiger partial charge in [0.15, 0.2) is 5.78 Å². The third kappa shape index (κ3) is 5.47. The van der Waals surface area contributed by atoms with Crippen molar-refractivity contribution in [3.8, 4) is 5.75 Å². The SMILES string of the molecule is COc1ccc(C(=O)CC(Nc2cccc(C)c2)c2ccc(C(C)C)cc2)cc1. The van der Waals surface area contributed by atoms with Gasteiger partial charge >= 0.3 is 0 Å². The number of ketones is 1. The molecule has 3 heteroatoms. The number of aryl methyl sites for hydroxylation is 1. The average molecular weight is 388 g/mol. The van der Waals surface area contributed by atoms with Crippen LogP contribution >= 0.6 is 0 Å². The largest absolute Gasteiger partial charge is 0.497 e. The van der Waals surface area contributed by atoms with E-state index in [1.165, 1.54) is 11.1 Å². The number of rotatable bonds is 8. The van der Waals surface area contributed by atoms with Crippen molar-refractivity contribution < 1.29 is 9.53 Å². The lowest BCUT2D eigenvalue weighted by Crippen LogP contribution is -2.16. The van der Waals surface area contributed by atoms with E-state index in [1.54, 1.807) is 7.11 Å². The van der Waals surface area contributed by atoms with Crippen LogP contribution in [0.25, 0.3) is 0 Å². The van der Waals surface area contributed by atoms with Gasteiger partial charge in [0.1, 0.15) is 5.75 Å². The molecule has 1 unspecified atom stereocenters. The number of ether oxygens (including phenoxy) is 1. The van der Waals surface area contributed by atoms with Crippen molar-refractivity contribution in [1.29, 1.82) is 0 Å². The third-order valence-corrected chi connectivity index (χ3v) is 5.17. The van der Waals surface area contributed by atoms with Gasteiger partial charge in [0.2, 0.25) is 0 Å². The van der Waals surface area contributed by atoms with Gasteiger partial charge in [-0.3, -0.25) is 4.79 Å². The molecule has 3 aromatic rings. The van der Waals surface area contributed by atoms with Gasteiger partial charge in [-0.1, -0.05) is 50.2 Å². The molecule has 3 nitrogen and oxygen atoms in total. The molecule has 0 saturated heterocycles. The molecule has 29 heavy (non-hydrogen) atoms. The first-order valence-corrected chi connectivity index (χ1v) is 10.1. The lowest BCUT2D eigenvalue weighted by molar-refractivity contribution is 0.0976. The highest BCUT2D eigenvalue weighted by Crippen LogP contribution is 2.27. The number of nitrogens with one attached hydrogen (secondary N) is 1. The lowest BCUT2D eigenvalue weighted by Gasteiger charge is -2.21. The van der Waals surface area contributed by atoms with Gasteiger partial charge in [0, 0.05) is 17.7 Å². The monoisotopic (exact) mass is 387 g/mol. The van der Waals surface area contributed by atoms with Crippen LogP contribution in [0.4, 0.5) is 5.69 Å². The zero-order valence-electron chi connectivity index (χ0n) is 17.6. The van der Waals surface area contributed by atoms with Crippen LogP contribution in [-0.4, -0.2) is 12.9 Å². The fraction of sp³-hybridized carbons (Fsp3) is 0.269. The van der Waals surface area contributed by atoms with Crippen molar-refractivity contribution in [3.63, 3.8) is 0 Å². The summed E-state index contributed by atoms with van der Waals surface area (Å²) in [7, 11) is 1.62. The van der Waals surface area contributed by atoms with Gasteiger partial charge in [-0.25, -0.2) is 0 Å². The van der Waals surface area contributed by atoms with Crippen molar-refractivity contribution in [3.05, 3.63) is 95.1 Å². The Morgan fingerprint density at radius 2 is 1.59 bits per heavy atom. The van der Waals surface area contributed by atoms with Crippen LogP contribution in [0.2, 0.25) is 0 Å². The van der Waals surface area contributed by atoms with E-state index in [4.69, 9.17) is 4.74 Å². The molecule has 0 bridgehead atoms. The van der Waals surface area contributed by atoms with E-state index in [9.17, 15) is 4.79 Å². The van der Waals surface area contributed by atoms with Crippen molar-refractivity contribution in [2.75, 3.05) is 12.4 Å². The highest BCUT2D eigenvalue weighted by molar-refractivity contribution is 5.96. The standard InChI is InChI=1S/C26H29NO2/c1-18(2)20-8-10-21(11-9-20)25(27-23-7-5-6-19(3)16-23)17-26(28)22-12-14-24(29-4)15-13-22/h5-16,18,25,27H,17H2,1-4H3. The van der Waals surface area contributed by atoms with Crippen LogP contribution in [0.5, 0.6) is 5.75 Å². The van der Waals surface area contributed by atoms with Crippen LogP contribution in [0.3, 0.4) is 0 Å². The Hall–Kier alpha value is -3.07. The van der Waals surface area contributed by atoms with Crippen molar-refractivity contribution in [2.24, 2.45) is 0 Å². The molecule has 3 rings (SSSR count). The molecule has 0 aliphatic carbocycles. The summed E-state index contributed by atoms with van der Waals surface area (Å²) < 4.78 is 5.20. The molecule has 0 saturated carbocycles. The highest BCUT2D eigenvalue weighted by Gasteiger charge is 2.18. The molecule has 0 spiro atoms. The lowest BCUT2D eigenvalue weighted by atomic mass is 9.94. The third-order valence-electron chi connectivity index (χ3n) is 5.17. The van der Waals surface area contributed by atoms with Crippen LogP contribution < -0.4 is 10.1 Å². The molecule has 0 aliphatic heterocycles. The Kier molecular flexibility index (Phi) is 6.71. The first-order valence-electron chi connectivity index (χ1n) is 10.1. The normalized spacial score (nSPS) is 11.9. The van der Waals surface area contributed by atoms with Crippen LogP contribution in [0, 0.1) is 6.92 Å². The maximum Gasteiger partial charge on any atom is 0.165 e. The molecule has 1 N–H and O–H groups in total. The van der Waals surface area contributed by atoms with Crippen molar-refractivity contribution >= 4 is 11.5 Å². The number of hydrogen-bond donors (Lipinski definition) is 1. The van der Waals surface area contributed by atoms with Crippen LogP contribution in [-0.2, 0) is 0 Å². The smallest absolute Gasteiger partial charge is 0.165 e. The summed E-state index contributed by atoms with van der Waals surface area (Å²) in [4.78, 5) is 13.0. The van der Waals surface area contributed by atoms with Crippen molar-refractivity contribution in [2.45, 2.75) is 39.2 Å². The molecular weight excluding hydrogens is 358 g/mol. The Morgan fingerprint density at radius 1 is 0.931 bits per heavy atom. The molecule has 0 radical (unpaired) electrons. The Balaban J connectivity index is 1.85. The van der Waals surface area contributed by atoms with Gasteiger partial charge in [0.05, 0.1) is 13.2 Å². The van der Waals surface area contributed by atoms with Gasteiger partial charge in [-0.05, 0) is 65.9 Å². The Labute approximate surface area is 173 Å². The summed E-state index contributed by atoms with van der Waals surface area (Å²) in [5.41, 5.74) is 5.30. The second kappa shape index (κ2) is 9.42. The Bertz CT molecular complexity index is 943. The van der Waals surface area contributed by atoms with Crippen molar-refractivity contribution in [1.82, 2.24) is 0 Å². The number of anilines is 1. The fourth-order valence-electron chi connectivity index (χ4n) is 3.38. The molecule has 0 aromatic heterocycles. The fourth-order valence-corrected chi connectivity index (χ4v) is 3.38. The van der Waals surface area contributed by atoms with E-state index in [1.807, 2.05) is 36.4 Å². The van der Waals surface area contributed by atoms with E-state index in [-0.39, 0.29) is 11.8 Å². The molecule has 1 atom stereocenters. The zero-order chi connectivity index (χ0) is 20.8. The van der Waals surface area contributed by atoms with Crippen LogP contribution in [0.1, 0.15) is 59.3 Å². The number of carbonyl (C=O) groups excluding carboxylic acids is 1. The number of methoxy groups -OCH3 is 1. The molecule has 0 aliphatic rings. The molecule has 150 valence electrons. The second-order valence-electron chi connectivity index (χ2n) is 7.74. The number of benzene rings is 3. The molecule has 3 aromatic carbocycles. The highest BCUT2D eigenvalue weighted by atomic mass is 16.5. The predicted octanol–water partition coefficient (Wildman–Crippen LogP) is 6.55. The topological polar surface area (TPSA) is 38.3 Å². The van der Waals surface area contributed by atoms with Crippen LogP contribution in [0.15, 0.2) is 72.8 Å². The summed E-state index contributed by atoms with van der Waals surface area (Å²) >= 11 is 0. The minimum atomic E-state index is -0.104. The predicted molar refractivity (Wildman–Crippen MR) is 120 cm³/mol. The molecule has 0 heterocycles. The van der Waals surface area contributed by atoms with Gasteiger partial charge in [-0.15, -0.1) is 0 Å². The minimum absolute atomic E-state index is 0.103. The maximum absolute atomic E-state index is 13.0. The summed E-state index contributed by atoms with van der Waals surface area (Å²) in [6, 6.07) is 24.0. The quantitative estimate of drug-likeness (QED) is 0.445. The summed E-state index contributed by atoms with van der Waals surface area (Å²) in [5, 5.41) is 3.56. The van der Waals surface area contributed by atoms with Gasteiger partial charge < -0.3 is 10.1 Å². The van der Waals surface area contributed by atoms with E-state index in [2.05, 4.69) is 62.5 Å². The van der Waals surface area contributed by atoms with E-state index >= 15 is 0 Å². The van der Waals surface area contributed by atoms with E-state index < -0.39 is 0 Å². The number of Topliss-reactive ketones (excluding diaryl/α,β-unsaturated/α-hetero) is 1. The number of carbonyl (C=O) groups is 1. The molecule has 0 fully saturated rings. The first-order chi connectivity index (χ1) is 14.0. The van der Waals surface area contributed by atoms with Gasteiger partial charge in [0.25, 0.3) is 0 Å². The second-order valence-corrected chi connectivity index (χ2v) is 7.74. The summed E-state index contributed by atoms with van der Waals surface area (Å²) in [6.07, 6.45) is 0.376. The molecule has 0 amide bonds. The zero-order valence-corrected chi connectivity index (χ0v) is 17.6. The summed E-state index contributed by atoms with van der Waals surface area (Å²) in [5.74, 6) is 1.33. The first kappa shape index (κ1) is 20.7. The van der Waals surface area contributed by atoms with Gasteiger partial charge in [-0.2, -0.15) is 0 Å². The average Bonchev–Trinajstić information content (AvgIpc) is 2.73. The molecular formula is C26H29NO2. The number of hydrogen-bond acceptors (Lipinski definition) is 3. The van der Waals surface area contributed by atoms with E-state index in [0.29, 0.717) is 17.9 Å².